The highest BCUT2D eigenvalue weighted by Crippen LogP contribution is 2.35. The number of hydrogen-bond donors (Lipinski definition) is 3. The molecule has 0 spiro atoms. The van der Waals surface area contributed by atoms with Gasteiger partial charge in [-0.3, -0.25) is 14.6 Å². The number of carbonyl (C=O) groups is 2. The Labute approximate surface area is 240 Å². The Morgan fingerprint density at radius 3 is 2.02 bits per heavy atom. The van der Waals surface area contributed by atoms with Crippen molar-refractivity contribution in [2.24, 2.45) is 22.4 Å². The lowest BCUT2D eigenvalue weighted by atomic mass is 9.89. The van der Waals surface area contributed by atoms with Crippen molar-refractivity contribution >= 4 is 27.9 Å². The van der Waals surface area contributed by atoms with Gasteiger partial charge in [0.25, 0.3) is 0 Å². The van der Waals surface area contributed by atoms with Gasteiger partial charge in [-0.05, 0) is 67.1 Å². The molecule has 1 atom stereocenters. The number of amides is 1. The van der Waals surface area contributed by atoms with E-state index in [0.717, 1.165) is 16.7 Å². The Hall–Kier alpha value is -2.66. The van der Waals surface area contributed by atoms with Crippen molar-refractivity contribution in [1.82, 2.24) is 9.62 Å². The maximum absolute atomic E-state index is 14.1. The summed E-state index contributed by atoms with van der Waals surface area (Å²) in [6.07, 6.45) is 1.59. The molecule has 0 radical (unpaired) electrons. The number of likely N-dealkylation sites (tertiary alicyclic amines) is 1. The molecule has 1 aliphatic heterocycles. The topological polar surface area (TPSA) is 157 Å². The molecule has 5 N–H and O–H groups in total. The summed E-state index contributed by atoms with van der Waals surface area (Å²) in [5, 5.41) is 0. The predicted molar refractivity (Wildman–Crippen MR) is 159 cm³/mol. The van der Waals surface area contributed by atoms with E-state index in [1.54, 1.807) is 11.8 Å². The number of benzene rings is 1. The van der Waals surface area contributed by atoms with Crippen LogP contribution in [0.1, 0.15) is 109 Å². The van der Waals surface area contributed by atoms with Crippen LogP contribution in [-0.4, -0.2) is 63.4 Å². The number of esters is 1. The number of carbonyl (C=O) groups excluding carboxylic acids is 2. The predicted octanol–water partition coefficient (Wildman–Crippen LogP) is 3.56. The molecule has 1 aromatic carbocycles. The number of hydrogen-bond acceptors (Lipinski definition) is 6. The van der Waals surface area contributed by atoms with Crippen molar-refractivity contribution in [3.63, 3.8) is 0 Å². The summed E-state index contributed by atoms with van der Waals surface area (Å²) in [7, 11) is -4.08. The number of aliphatic imine (C=N–C) groups is 1. The lowest BCUT2D eigenvalue weighted by Gasteiger charge is -2.34. The maximum Gasteiger partial charge on any atom is 0.309 e. The molecule has 11 heteroatoms. The first kappa shape index (κ1) is 33.5. The lowest BCUT2D eigenvalue weighted by molar-refractivity contribution is -0.151. The molecule has 2 rings (SSSR count). The average molecular weight is 580 g/mol. The molecule has 1 saturated heterocycles. The van der Waals surface area contributed by atoms with Crippen LogP contribution < -0.4 is 16.2 Å². The zero-order chi connectivity index (χ0) is 30.2. The summed E-state index contributed by atoms with van der Waals surface area (Å²) in [6, 6.07) is 2.96. The quantitative estimate of drug-likeness (QED) is 0.140. The molecule has 1 heterocycles. The minimum absolute atomic E-state index is 0.0410. The third-order valence-electron chi connectivity index (χ3n) is 7.32. The van der Waals surface area contributed by atoms with Crippen LogP contribution in [0.5, 0.6) is 0 Å². The van der Waals surface area contributed by atoms with Gasteiger partial charge in [-0.25, -0.2) is 8.42 Å². The van der Waals surface area contributed by atoms with Crippen molar-refractivity contribution in [3.05, 3.63) is 28.8 Å². The van der Waals surface area contributed by atoms with Crippen LogP contribution in [0.15, 0.2) is 22.0 Å². The summed E-state index contributed by atoms with van der Waals surface area (Å²) in [5.41, 5.74) is 13.5. The van der Waals surface area contributed by atoms with Crippen LogP contribution in [0.4, 0.5) is 0 Å². The average Bonchev–Trinajstić information content (AvgIpc) is 2.89. The Morgan fingerprint density at radius 2 is 1.57 bits per heavy atom. The summed E-state index contributed by atoms with van der Waals surface area (Å²) >= 11 is 0. The fourth-order valence-corrected chi connectivity index (χ4v) is 6.92. The van der Waals surface area contributed by atoms with Gasteiger partial charge in [0.05, 0.1) is 17.4 Å². The molecule has 0 saturated carbocycles. The van der Waals surface area contributed by atoms with E-state index in [2.05, 4.69) is 23.6 Å². The standard InChI is InChI=1S/C29H49N5O5S/c1-8-39-28(36)21-11-14-34(15-12-21)27(35)25(10-9-13-32-29(30)31)33-40(37,38)26-23(19(4)5)16-22(18(2)3)17-24(26)20(6)7/h16-21,25,33H,8-15H2,1-7H3,(H4,30,31,32)/t25-/m0/s1. The smallest absolute Gasteiger partial charge is 0.309 e. The van der Waals surface area contributed by atoms with Gasteiger partial charge in [-0.2, -0.15) is 4.72 Å². The van der Waals surface area contributed by atoms with Crippen LogP contribution in [0.2, 0.25) is 0 Å². The second-order valence-electron chi connectivity index (χ2n) is 11.5. The van der Waals surface area contributed by atoms with E-state index in [-0.39, 0.29) is 59.4 Å². The van der Waals surface area contributed by atoms with Gasteiger partial charge in [-0.1, -0.05) is 53.7 Å². The molecule has 1 aliphatic rings. The zero-order valence-electron chi connectivity index (χ0n) is 25.2. The Kier molecular flexibility index (Phi) is 12.4. The molecule has 1 amide bonds. The number of rotatable bonds is 13. The molecule has 1 fully saturated rings. The summed E-state index contributed by atoms with van der Waals surface area (Å²) in [5.74, 6) is -0.730. The van der Waals surface area contributed by atoms with Crippen LogP contribution in [0.25, 0.3) is 0 Å². The van der Waals surface area contributed by atoms with Crippen LogP contribution in [0.3, 0.4) is 0 Å². The van der Waals surface area contributed by atoms with E-state index < -0.39 is 16.1 Å². The number of piperidine rings is 1. The van der Waals surface area contributed by atoms with Gasteiger partial charge in [0, 0.05) is 19.6 Å². The van der Waals surface area contributed by atoms with Crippen molar-refractivity contribution in [1.29, 1.82) is 0 Å². The van der Waals surface area contributed by atoms with Crippen molar-refractivity contribution in [3.8, 4) is 0 Å². The molecule has 1 aromatic rings. The second-order valence-corrected chi connectivity index (χ2v) is 13.1. The maximum atomic E-state index is 14.1. The molecule has 0 unspecified atom stereocenters. The van der Waals surface area contributed by atoms with E-state index >= 15 is 0 Å². The molecule has 0 bridgehead atoms. The van der Waals surface area contributed by atoms with E-state index in [0.29, 0.717) is 39.0 Å². The number of nitrogens with zero attached hydrogens (tertiary/aromatic N) is 2. The fraction of sp³-hybridized carbons (Fsp3) is 0.690. The Morgan fingerprint density at radius 1 is 1.02 bits per heavy atom. The summed E-state index contributed by atoms with van der Waals surface area (Å²) in [6.45, 7) is 15.2. The number of sulfonamides is 1. The second kappa shape index (κ2) is 14.8. The number of ether oxygens (including phenoxy) is 1. The summed E-state index contributed by atoms with van der Waals surface area (Å²) < 4.78 is 36.1. The Balaban J connectivity index is 2.42. The minimum Gasteiger partial charge on any atom is -0.466 e. The van der Waals surface area contributed by atoms with Gasteiger partial charge >= 0.3 is 5.97 Å². The van der Waals surface area contributed by atoms with E-state index in [4.69, 9.17) is 16.2 Å². The van der Waals surface area contributed by atoms with Crippen LogP contribution in [0, 0.1) is 5.92 Å². The molecule has 0 aromatic heterocycles. The van der Waals surface area contributed by atoms with Gasteiger partial charge in [0.2, 0.25) is 15.9 Å². The highest BCUT2D eigenvalue weighted by molar-refractivity contribution is 7.89. The fourth-order valence-electron chi connectivity index (χ4n) is 5.00. The number of nitrogens with one attached hydrogen (secondary N) is 1. The third kappa shape index (κ3) is 8.92. The highest BCUT2D eigenvalue weighted by atomic mass is 32.2. The van der Waals surface area contributed by atoms with E-state index in [1.165, 1.54) is 0 Å². The van der Waals surface area contributed by atoms with Crippen LogP contribution in [-0.2, 0) is 24.3 Å². The Bertz CT molecular complexity index is 1120. The van der Waals surface area contributed by atoms with Crippen molar-refractivity contribution in [2.75, 3.05) is 26.2 Å². The van der Waals surface area contributed by atoms with Crippen molar-refractivity contribution < 1.29 is 22.7 Å². The lowest BCUT2D eigenvalue weighted by Crippen LogP contribution is -2.51. The largest absolute Gasteiger partial charge is 0.466 e. The molecule has 0 aliphatic carbocycles. The first-order valence-electron chi connectivity index (χ1n) is 14.4. The monoisotopic (exact) mass is 579 g/mol. The molecular weight excluding hydrogens is 530 g/mol. The number of guanidine groups is 1. The van der Waals surface area contributed by atoms with Gasteiger partial charge in [-0.15, -0.1) is 0 Å². The SMILES string of the molecule is CCOC(=O)C1CCN(C(=O)[C@H](CCCN=C(N)N)NS(=O)(=O)c2c(C(C)C)cc(C(C)C)cc2C(C)C)CC1. The summed E-state index contributed by atoms with van der Waals surface area (Å²) in [4.78, 5) is 31.8. The van der Waals surface area contributed by atoms with E-state index in [1.807, 2.05) is 39.8 Å². The van der Waals surface area contributed by atoms with Crippen molar-refractivity contribution in [2.45, 2.75) is 103 Å². The first-order valence-corrected chi connectivity index (χ1v) is 15.9. The third-order valence-corrected chi connectivity index (χ3v) is 8.92. The molecular formula is C29H49N5O5S. The zero-order valence-corrected chi connectivity index (χ0v) is 26.0. The van der Waals surface area contributed by atoms with Crippen LogP contribution >= 0.6 is 0 Å². The first-order chi connectivity index (χ1) is 18.7. The molecule has 10 nitrogen and oxygen atoms in total. The number of nitrogens with two attached hydrogens (primary N) is 2. The van der Waals surface area contributed by atoms with Gasteiger partial charge in [0.15, 0.2) is 5.96 Å². The molecule has 226 valence electrons. The normalized spacial score (nSPS) is 15.5. The van der Waals surface area contributed by atoms with E-state index in [9.17, 15) is 18.0 Å². The van der Waals surface area contributed by atoms with Gasteiger partial charge in [0.1, 0.15) is 6.04 Å². The molecule has 40 heavy (non-hydrogen) atoms. The minimum atomic E-state index is -4.08. The highest BCUT2D eigenvalue weighted by Gasteiger charge is 2.35. The van der Waals surface area contributed by atoms with Gasteiger partial charge < -0.3 is 21.1 Å².